The number of anilines is 2. The molecule has 0 aliphatic carbocycles. The van der Waals surface area contributed by atoms with E-state index in [2.05, 4.69) is 88.4 Å². The van der Waals surface area contributed by atoms with Gasteiger partial charge in [0.05, 0.1) is 7.11 Å². The Morgan fingerprint density at radius 3 is 1.71 bits per heavy atom. The number of fused-ring (bicyclic) bond motifs is 2. The SMILES string of the molecule is C=C1CCc2cc(/C=C/C(=O)N3CC=C(c4ccccc4)CC3)cnc2N1.C=C1CCc2cc(/C=C/C(=O)N3CC=C(c4ccccc4OC)CC3)cnc2N1. The normalized spacial score (nSPS) is 16.4. The van der Waals surface area contributed by atoms with E-state index in [-0.39, 0.29) is 11.8 Å². The molecule has 0 unspecified atom stereocenters. The van der Waals surface area contributed by atoms with Gasteiger partial charge in [-0.3, -0.25) is 9.59 Å². The second-order valence-electron chi connectivity index (χ2n) is 14.3. The Hall–Kier alpha value is -6.48. The molecule has 2 aromatic heterocycles. The molecule has 2 amide bonds. The van der Waals surface area contributed by atoms with E-state index >= 15 is 0 Å². The van der Waals surface area contributed by atoms with Crippen LogP contribution in [-0.2, 0) is 22.4 Å². The maximum absolute atomic E-state index is 12.6. The fourth-order valence-electron chi connectivity index (χ4n) is 7.23. The number of methoxy groups -OCH3 is 1. The molecule has 284 valence electrons. The van der Waals surface area contributed by atoms with Crippen molar-refractivity contribution >= 4 is 46.7 Å². The van der Waals surface area contributed by atoms with Crippen LogP contribution in [0.25, 0.3) is 23.3 Å². The molecule has 2 N–H and O–H groups in total. The zero-order valence-corrected chi connectivity index (χ0v) is 32.0. The number of carbonyl (C=O) groups excluding carboxylic acids is 2. The number of nitrogens with zero attached hydrogens (tertiary/aromatic N) is 4. The molecule has 9 nitrogen and oxygen atoms in total. The number of para-hydroxylation sites is 1. The summed E-state index contributed by atoms with van der Waals surface area (Å²) in [4.78, 5) is 37.7. The van der Waals surface area contributed by atoms with Gasteiger partial charge >= 0.3 is 0 Å². The van der Waals surface area contributed by atoms with Crippen LogP contribution in [0.15, 0.2) is 128 Å². The first kappa shape index (κ1) is 37.8. The predicted octanol–water partition coefficient (Wildman–Crippen LogP) is 8.57. The largest absolute Gasteiger partial charge is 0.496 e. The number of rotatable bonds is 7. The first-order chi connectivity index (χ1) is 27.3. The molecular formula is C47H48N6O3. The summed E-state index contributed by atoms with van der Waals surface area (Å²) in [5, 5.41) is 6.42. The molecule has 56 heavy (non-hydrogen) atoms. The molecule has 0 spiro atoms. The lowest BCUT2D eigenvalue weighted by molar-refractivity contribution is -0.126. The topological polar surface area (TPSA) is 99.7 Å². The molecule has 0 fully saturated rings. The van der Waals surface area contributed by atoms with E-state index in [9.17, 15) is 9.59 Å². The molecule has 8 rings (SSSR count). The number of amides is 2. The maximum atomic E-state index is 12.6. The Morgan fingerprint density at radius 2 is 1.20 bits per heavy atom. The number of aryl methyl sites for hydroxylation is 2. The van der Waals surface area contributed by atoms with Gasteiger partial charge in [-0.1, -0.05) is 73.8 Å². The summed E-state index contributed by atoms with van der Waals surface area (Å²) >= 11 is 0. The number of pyridine rings is 2. The van der Waals surface area contributed by atoms with Gasteiger partial charge in [0.1, 0.15) is 17.4 Å². The highest BCUT2D eigenvalue weighted by Crippen LogP contribution is 2.31. The van der Waals surface area contributed by atoms with Gasteiger partial charge in [-0.2, -0.15) is 0 Å². The van der Waals surface area contributed by atoms with E-state index in [0.717, 1.165) is 96.1 Å². The average molecular weight is 745 g/mol. The fraction of sp³-hybridized carbons (Fsp3) is 0.234. The van der Waals surface area contributed by atoms with E-state index in [1.54, 1.807) is 31.7 Å². The zero-order valence-electron chi connectivity index (χ0n) is 32.0. The van der Waals surface area contributed by atoms with Crippen molar-refractivity contribution in [3.63, 3.8) is 0 Å². The summed E-state index contributed by atoms with van der Waals surface area (Å²) in [5.74, 6) is 2.68. The summed E-state index contributed by atoms with van der Waals surface area (Å²) in [7, 11) is 1.69. The van der Waals surface area contributed by atoms with Crippen molar-refractivity contribution in [2.75, 3.05) is 43.9 Å². The van der Waals surface area contributed by atoms with Crippen molar-refractivity contribution in [1.82, 2.24) is 19.8 Å². The second-order valence-corrected chi connectivity index (χ2v) is 14.3. The van der Waals surface area contributed by atoms with Crippen LogP contribution in [-0.4, -0.2) is 64.9 Å². The van der Waals surface area contributed by atoms with Crippen LogP contribution in [0.3, 0.4) is 0 Å². The molecule has 4 aliphatic rings. The Kier molecular flexibility index (Phi) is 12.0. The number of benzene rings is 2. The van der Waals surface area contributed by atoms with Gasteiger partial charge in [-0.25, -0.2) is 9.97 Å². The van der Waals surface area contributed by atoms with Crippen LogP contribution >= 0.6 is 0 Å². The van der Waals surface area contributed by atoms with Gasteiger partial charge in [0, 0.05) is 67.7 Å². The minimum Gasteiger partial charge on any atom is -0.496 e. The zero-order chi connectivity index (χ0) is 38.9. The quantitative estimate of drug-likeness (QED) is 0.183. The number of nitrogens with one attached hydrogen (secondary N) is 2. The lowest BCUT2D eigenvalue weighted by atomic mass is 9.98. The molecule has 4 aliphatic heterocycles. The van der Waals surface area contributed by atoms with Gasteiger partial charge in [0.2, 0.25) is 11.8 Å². The number of hydrogen-bond acceptors (Lipinski definition) is 7. The molecule has 0 radical (unpaired) electrons. The first-order valence-corrected chi connectivity index (χ1v) is 19.2. The summed E-state index contributed by atoms with van der Waals surface area (Å²) in [6.07, 6.45) is 20.2. The van der Waals surface area contributed by atoms with Crippen molar-refractivity contribution in [3.8, 4) is 5.75 Å². The van der Waals surface area contributed by atoms with Crippen LogP contribution in [0.1, 0.15) is 59.1 Å². The van der Waals surface area contributed by atoms with Crippen molar-refractivity contribution in [2.24, 2.45) is 0 Å². The fourth-order valence-corrected chi connectivity index (χ4v) is 7.23. The van der Waals surface area contributed by atoms with E-state index in [4.69, 9.17) is 4.74 Å². The van der Waals surface area contributed by atoms with Gasteiger partial charge in [-0.15, -0.1) is 0 Å². The molecule has 9 heteroatoms. The highest BCUT2D eigenvalue weighted by molar-refractivity contribution is 5.93. The lowest BCUT2D eigenvalue weighted by Gasteiger charge is -2.26. The minimum atomic E-state index is 0.0181. The number of aromatic nitrogens is 2. The minimum absolute atomic E-state index is 0.0181. The molecular weight excluding hydrogens is 697 g/mol. The highest BCUT2D eigenvalue weighted by atomic mass is 16.5. The van der Waals surface area contributed by atoms with E-state index < -0.39 is 0 Å². The number of hydrogen-bond donors (Lipinski definition) is 2. The Morgan fingerprint density at radius 1 is 0.679 bits per heavy atom. The first-order valence-electron chi connectivity index (χ1n) is 19.2. The molecule has 2 aromatic carbocycles. The number of carbonyl (C=O) groups is 2. The summed E-state index contributed by atoms with van der Waals surface area (Å²) in [6, 6.07) is 22.6. The Balaban J connectivity index is 0.000000172. The summed E-state index contributed by atoms with van der Waals surface area (Å²) < 4.78 is 5.46. The maximum Gasteiger partial charge on any atom is 0.246 e. The molecule has 0 bridgehead atoms. The van der Waals surface area contributed by atoms with Crippen LogP contribution in [0.4, 0.5) is 11.6 Å². The average Bonchev–Trinajstić information content (AvgIpc) is 3.25. The van der Waals surface area contributed by atoms with Gasteiger partial charge in [0.25, 0.3) is 0 Å². The second kappa shape index (κ2) is 17.8. The van der Waals surface area contributed by atoms with Gasteiger partial charge in [0.15, 0.2) is 0 Å². The third kappa shape index (κ3) is 9.41. The van der Waals surface area contributed by atoms with Crippen molar-refractivity contribution < 1.29 is 14.3 Å². The van der Waals surface area contributed by atoms with Gasteiger partial charge in [-0.05, 0) is 108 Å². The summed E-state index contributed by atoms with van der Waals surface area (Å²) in [5.41, 5.74) is 11.1. The number of allylic oxidation sites excluding steroid dienone is 2. The Bertz CT molecular complexity index is 2250. The monoisotopic (exact) mass is 744 g/mol. The van der Waals surface area contributed by atoms with Crippen LogP contribution in [0, 0.1) is 0 Å². The predicted molar refractivity (Wildman–Crippen MR) is 226 cm³/mol. The molecule has 0 saturated carbocycles. The molecule has 0 atom stereocenters. The van der Waals surface area contributed by atoms with Crippen molar-refractivity contribution in [2.45, 2.75) is 38.5 Å². The van der Waals surface area contributed by atoms with Crippen LogP contribution in [0.2, 0.25) is 0 Å². The van der Waals surface area contributed by atoms with E-state index in [1.165, 1.54) is 22.3 Å². The van der Waals surface area contributed by atoms with E-state index in [1.807, 2.05) is 46.2 Å². The highest BCUT2D eigenvalue weighted by Gasteiger charge is 2.19. The third-order valence-electron chi connectivity index (χ3n) is 10.4. The molecule has 4 aromatic rings. The van der Waals surface area contributed by atoms with Crippen molar-refractivity contribution in [3.05, 3.63) is 161 Å². The standard InChI is InChI=1S/C24H25N3O2.C23H23N3O/c1-17-7-9-20-15-18(16-25-24(20)26-17)8-10-23(28)27-13-11-19(12-14-27)21-5-3-4-6-22(21)29-2;1-17-7-9-21-15-18(16-24-23(21)25-17)8-10-22(27)26-13-11-20(12-14-26)19-5-3-2-4-6-19/h3-6,8,10-11,15-16H,1,7,9,12-14H2,2H3,(H,25,26);2-6,8,10-11,15-16H,1,7,9,12-14H2,(H,24,25)/b2*10-8+. The number of ether oxygens (including phenoxy) is 1. The molecule has 6 heterocycles. The smallest absolute Gasteiger partial charge is 0.246 e. The van der Waals surface area contributed by atoms with E-state index in [0.29, 0.717) is 19.6 Å². The third-order valence-corrected chi connectivity index (χ3v) is 10.4. The van der Waals surface area contributed by atoms with Crippen LogP contribution in [0.5, 0.6) is 5.75 Å². The molecule has 0 saturated heterocycles. The lowest BCUT2D eigenvalue weighted by Crippen LogP contribution is -2.33. The van der Waals surface area contributed by atoms with Crippen LogP contribution < -0.4 is 15.4 Å². The summed E-state index contributed by atoms with van der Waals surface area (Å²) in [6.45, 7) is 10.6. The van der Waals surface area contributed by atoms with Crippen molar-refractivity contribution in [1.29, 1.82) is 0 Å². The van der Waals surface area contributed by atoms with Gasteiger partial charge < -0.3 is 25.2 Å². The Labute approximate surface area is 329 Å².